The Bertz CT molecular complexity index is 787. The number of rotatable bonds is 4. The summed E-state index contributed by atoms with van der Waals surface area (Å²) in [5.41, 5.74) is 1.76. The SMILES string of the molecule is Cc1ccc(C(=O)N2CCN(C(=O)CNc3ccccc3)CC2)cc1F. The molecule has 26 heavy (non-hydrogen) atoms. The molecule has 0 aromatic heterocycles. The summed E-state index contributed by atoms with van der Waals surface area (Å²) in [7, 11) is 0. The summed E-state index contributed by atoms with van der Waals surface area (Å²) in [6.45, 7) is 3.75. The minimum atomic E-state index is -0.378. The third kappa shape index (κ3) is 4.20. The summed E-state index contributed by atoms with van der Waals surface area (Å²) in [6.07, 6.45) is 0. The van der Waals surface area contributed by atoms with E-state index in [1.165, 1.54) is 6.07 Å². The average molecular weight is 355 g/mol. The van der Waals surface area contributed by atoms with Crippen molar-refractivity contribution in [2.24, 2.45) is 0 Å². The van der Waals surface area contributed by atoms with Crippen molar-refractivity contribution in [1.82, 2.24) is 9.80 Å². The second-order valence-electron chi connectivity index (χ2n) is 6.36. The van der Waals surface area contributed by atoms with Gasteiger partial charge in [-0.3, -0.25) is 9.59 Å². The minimum absolute atomic E-state index is 0.00216. The zero-order chi connectivity index (χ0) is 18.5. The third-order valence-electron chi connectivity index (χ3n) is 4.56. The van der Waals surface area contributed by atoms with Gasteiger partial charge >= 0.3 is 0 Å². The Morgan fingerprint density at radius 2 is 1.65 bits per heavy atom. The van der Waals surface area contributed by atoms with Crippen LogP contribution in [0, 0.1) is 12.7 Å². The fourth-order valence-corrected chi connectivity index (χ4v) is 2.91. The highest BCUT2D eigenvalue weighted by atomic mass is 19.1. The van der Waals surface area contributed by atoms with Gasteiger partial charge in [-0.05, 0) is 36.8 Å². The first kappa shape index (κ1) is 17.9. The number of carbonyl (C=O) groups excluding carboxylic acids is 2. The number of halogens is 1. The molecule has 6 heteroatoms. The number of nitrogens with zero attached hydrogens (tertiary/aromatic N) is 2. The molecular weight excluding hydrogens is 333 g/mol. The Balaban J connectivity index is 1.51. The lowest BCUT2D eigenvalue weighted by Crippen LogP contribution is -2.51. The molecule has 2 aromatic rings. The number of piperazine rings is 1. The van der Waals surface area contributed by atoms with Crippen LogP contribution < -0.4 is 5.32 Å². The molecule has 0 unspecified atom stereocenters. The van der Waals surface area contributed by atoms with E-state index in [9.17, 15) is 14.0 Å². The lowest BCUT2D eigenvalue weighted by atomic mass is 10.1. The van der Waals surface area contributed by atoms with Crippen molar-refractivity contribution < 1.29 is 14.0 Å². The highest BCUT2D eigenvalue weighted by Gasteiger charge is 2.25. The van der Waals surface area contributed by atoms with Crippen LogP contribution >= 0.6 is 0 Å². The van der Waals surface area contributed by atoms with Gasteiger partial charge in [0.1, 0.15) is 5.82 Å². The van der Waals surface area contributed by atoms with E-state index < -0.39 is 0 Å². The first-order valence-corrected chi connectivity index (χ1v) is 8.67. The van der Waals surface area contributed by atoms with Gasteiger partial charge < -0.3 is 15.1 Å². The number of carbonyl (C=O) groups is 2. The number of amides is 2. The lowest BCUT2D eigenvalue weighted by molar-refractivity contribution is -0.130. The Kier molecular flexibility index (Phi) is 5.51. The van der Waals surface area contributed by atoms with E-state index >= 15 is 0 Å². The van der Waals surface area contributed by atoms with Gasteiger partial charge in [0.15, 0.2) is 0 Å². The first-order chi connectivity index (χ1) is 12.5. The molecule has 0 atom stereocenters. The van der Waals surface area contributed by atoms with Crippen LogP contribution in [0.1, 0.15) is 15.9 Å². The molecule has 1 aliphatic heterocycles. The van der Waals surface area contributed by atoms with Gasteiger partial charge in [0.2, 0.25) is 5.91 Å². The van der Waals surface area contributed by atoms with Crippen molar-refractivity contribution >= 4 is 17.5 Å². The van der Waals surface area contributed by atoms with E-state index in [4.69, 9.17) is 0 Å². The molecule has 0 spiro atoms. The predicted octanol–water partition coefficient (Wildman–Crippen LogP) is 2.53. The average Bonchev–Trinajstić information content (AvgIpc) is 2.68. The van der Waals surface area contributed by atoms with Crippen molar-refractivity contribution in [2.45, 2.75) is 6.92 Å². The summed E-state index contributed by atoms with van der Waals surface area (Å²) in [5, 5.41) is 3.10. The zero-order valence-corrected chi connectivity index (χ0v) is 14.7. The van der Waals surface area contributed by atoms with Crippen LogP contribution in [-0.2, 0) is 4.79 Å². The number of aryl methyl sites for hydroxylation is 1. The van der Waals surface area contributed by atoms with E-state index in [-0.39, 0.29) is 24.2 Å². The Morgan fingerprint density at radius 1 is 1.00 bits per heavy atom. The third-order valence-corrected chi connectivity index (χ3v) is 4.56. The van der Waals surface area contributed by atoms with Crippen LogP contribution in [0.4, 0.5) is 10.1 Å². The topological polar surface area (TPSA) is 52.7 Å². The molecule has 5 nitrogen and oxygen atoms in total. The highest BCUT2D eigenvalue weighted by Crippen LogP contribution is 2.13. The Labute approximate surface area is 152 Å². The molecule has 1 N–H and O–H groups in total. The van der Waals surface area contributed by atoms with E-state index in [0.29, 0.717) is 37.3 Å². The van der Waals surface area contributed by atoms with Crippen molar-refractivity contribution in [1.29, 1.82) is 0 Å². The monoisotopic (exact) mass is 355 g/mol. The van der Waals surface area contributed by atoms with Gasteiger partial charge in [0, 0.05) is 37.4 Å². The lowest BCUT2D eigenvalue weighted by Gasteiger charge is -2.35. The van der Waals surface area contributed by atoms with Gasteiger partial charge in [0.25, 0.3) is 5.91 Å². The number of hydrogen-bond donors (Lipinski definition) is 1. The van der Waals surface area contributed by atoms with Crippen LogP contribution in [0.3, 0.4) is 0 Å². The zero-order valence-electron chi connectivity index (χ0n) is 14.7. The Hall–Kier alpha value is -2.89. The first-order valence-electron chi connectivity index (χ1n) is 8.67. The molecule has 0 bridgehead atoms. The van der Waals surface area contributed by atoms with Crippen LogP contribution in [0.2, 0.25) is 0 Å². The van der Waals surface area contributed by atoms with E-state index in [1.807, 2.05) is 30.3 Å². The van der Waals surface area contributed by atoms with Crippen molar-refractivity contribution in [2.75, 3.05) is 38.0 Å². The number of benzene rings is 2. The quantitative estimate of drug-likeness (QED) is 0.917. The summed E-state index contributed by atoms with van der Waals surface area (Å²) in [4.78, 5) is 28.2. The highest BCUT2D eigenvalue weighted by molar-refractivity contribution is 5.94. The molecule has 136 valence electrons. The number of hydrogen-bond acceptors (Lipinski definition) is 3. The smallest absolute Gasteiger partial charge is 0.254 e. The van der Waals surface area contributed by atoms with E-state index in [0.717, 1.165) is 5.69 Å². The molecule has 1 fully saturated rings. The van der Waals surface area contributed by atoms with Gasteiger partial charge in [-0.25, -0.2) is 4.39 Å². The Morgan fingerprint density at radius 3 is 2.31 bits per heavy atom. The van der Waals surface area contributed by atoms with E-state index in [1.54, 1.807) is 28.9 Å². The van der Waals surface area contributed by atoms with Crippen LogP contribution in [-0.4, -0.2) is 54.3 Å². The van der Waals surface area contributed by atoms with Crippen molar-refractivity contribution in [3.8, 4) is 0 Å². The second kappa shape index (κ2) is 7.99. The molecule has 2 amide bonds. The number of anilines is 1. The normalized spacial score (nSPS) is 14.2. The molecule has 2 aromatic carbocycles. The molecule has 1 saturated heterocycles. The summed E-state index contributed by atoms with van der Waals surface area (Å²) >= 11 is 0. The molecule has 3 rings (SSSR count). The summed E-state index contributed by atoms with van der Waals surface area (Å²) in [6, 6.07) is 14.1. The van der Waals surface area contributed by atoms with Gasteiger partial charge in [-0.15, -0.1) is 0 Å². The molecule has 0 aliphatic carbocycles. The fourth-order valence-electron chi connectivity index (χ4n) is 2.91. The van der Waals surface area contributed by atoms with Gasteiger partial charge in [0.05, 0.1) is 6.54 Å². The fraction of sp³-hybridized carbons (Fsp3) is 0.300. The van der Waals surface area contributed by atoms with Crippen molar-refractivity contribution in [3.63, 3.8) is 0 Å². The predicted molar refractivity (Wildman–Crippen MR) is 98.6 cm³/mol. The maximum atomic E-state index is 13.7. The second-order valence-corrected chi connectivity index (χ2v) is 6.36. The molecule has 1 heterocycles. The van der Waals surface area contributed by atoms with Crippen LogP contribution in [0.15, 0.2) is 48.5 Å². The van der Waals surface area contributed by atoms with E-state index in [2.05, 4.69) is 5.32 Å². The maximum absolute atomic E-state index is 13.7. The largest absolute Gasteiger partial charge is 0.376 e. The standard InChI is InChI=1S/C20H22FN3O2/c1-15-7-8-16(13-18(15)21)20(26)24-11-9-23(10-12-24)19(25)14-22-17-5-3-2-4-6-17/h2-8,13,22H,9-12,14H2,1H3. The number of nitrogens with one attached hydrogen (secondary N) is 1. The molecule has 0 radical (unpaired) electrons. The minimum Gasteiger partial charge on any atom is -0.376 e. The van der Waals surface area contributed by atoms with Crippen LogP contribution in [0.25, 0.3) is 0 Å². The summed E-state index contributed by atoms with van der Waals surface area (Å²) in [5.74, 6) is -0.572. The summed E-state index contributed by atoms with van der Waals surface area (Å²) < 4.78 is 13.7. The van der Waals surface area contributed by atoms with Crippen molar-refractivity contribution in [3.05, 3.63) is 65.5 Å². The molecular formula is C20H22FN3O2. The van der Waals surface area contributed by atoms with Gasteiger partial charge in [-0.2, -0.15) is 0 Å². The maximum Gasteiger partial charge on any atom is 0.254 e. The molecule has 0 saturated carbocycles. The molecule has 1 aliphatic rings. The number of para-hydroxylation sites is 1. The van der Waals surface area contributed by atoms with Gasteiger partial charge in [-0.1, -0.05) is 24.3 Å². The van der Waals surface area contributed by atoms with Crippen LogP contribution in [0.5, 0.6) is 0 Å².